The van der Waals surface area contributed by atoms with E-state index in [1.54, 1.807) is 0 Å². The molecule has 3 fully saturated rings. The van der Waals surface area contributed by atoms with Crippen molar-refractivity contribution in [3.8, 4) is 0 Å². The van der Waals surface area contributed by atoms with E-state index in [0.717, 1.165) is 12.5 Å². The number of hydrogen-bond acceptors (Lipinski definition) is 1. The molecule has 2 aliphatic heterocycles. The highest BCUT2D eigenvalue weighted by Gasteiger charge is 2.70. The molecule has 1 saturated carbocycles. The van der Waals surface area contributed by atoms with Crippen molar-refractivity contribution in [1.82, 2.24) is 0 Å². The Hall–Kier alpha value is -0.0800. The van der Waals surface area contributed by atoms with Gasteiger partial charge in [0.25, 0.3) is 0 Å². The van der Waals surface area contributed by atoms with E-state index >= 15 is 0 Å². The van der Waals surface area contributed by atoms with Crippen molar-refractivity contribution in [1.29, 1.82) is 0 Å². The molecule has 0 bridgehead atoms. The largest absolute Gasteiger partial charge is 0.387 e. The van der Waals surface area contributed by atoms with Gasteiger partial charge in [-0.2, -0.15) is 0 Å². The normalized spacial score (nSPS) is 49.8. The summed E-state index contributed by atoms with van der Waals surface area (Å²) in [5.74, 6) is 1.52. The Balaban J connectivity index is 1.74. The average molecular weight is 252 g/mol. The average Bonchev–Trinajstić information content (AvgIpc) is 2.89. The van der Waals surface area contributed by atoms with Crippen LogP contribution in [0.5, 0.6) is 0 Å². The highest BCUT2D eigenvalue weighted by atomic mass is 16.3. The third-order valence-electron chi connectivity index (χ3n) is 6.77. The third kappa shape index (κ3) is 1.54. The van der Waals surface area contributed by atoms with Gasteiger partial charge in [-0.3, -0.25) is 0 Å². The maximum atomic E-state index is 10.4. The molecule has 2 saturated heterocycles. The lowest BCUT2D eigenvalue weighted by atomic mass is 9.83. The molecular weight excluding hydrogens is 222 g/mol. The number of aliphatic hydroxyl groups excluding tert-OH is 1. The fraction of sp³-hybridized carbons (Fsp3) is 1.00. The minimum absolute atomic E-state index is 0.00789. The smallest absolute Gasteiger partial charge is 0.112 e. The summed E-state index contributed by atoms with van der Waals surface area (Å²) in [6, 6.07) is 0. The predicted octanol–water partition coefficient (Wildman–Crippen LogP) is 2.95. The summed E-state index contributed by atoms with van der Waals surface area (Å²) in [5.41, 5.74) is 0.436. The van der Waals surface area contributed by atoms with Gasteiger partial charge in [-0.25, -0.2) is 0 Å². The van der Waals surface area contributed by atoms with Crippen LogP contribution in [0.25, 0.3) is 0 Å². The van der Waals surface area contributed by atoms with Gasteiger partial charge in [0.15, 0.2) is 0 Å². The van der Waals surface area contributed by atoms with Crippen molar-refractivity contribution in [2.45, 2.75) is 70.4 Å². The second-order valence-corrected chi connectivity index (χ2v) is 7.30. The number of unbranched alkanes of at least 4 members (excludes halogenated alkanes) is 3. The maximum Gasteiger partial charge on any atom is 0.112 e. The Bertz CT molecular complexity index is 318. The van der Waals surface area contributed by atoms with Crippen LogP contribution in [0.4, 0.5) is 0 Å². The fourth-order valence-corrected chi connectivity index (χ4v) is 5.73. The Kier molecular flexibility index (Phi) is 3.22. The molecule has 2 heterocycles. The van der Waals surface area contributed by atoms with Gasteiger partial charge in [-0.1, -0.05) is 19.8 Å². The Morgan fingerprint density at radius 3 is 2.78 bits per heavy atom. The van der Waals surface area contributed by atoms with Crippen LogP contribution in [0.3, 0.4) is 0 Å². The van der Waals surface area contributed by atoms with E-state index in [0.29, 0.717) is 11.5 Å². The first-order valence-electron chi connectivity index (χ1n) is 8.18. The summed E-state index contributed by atoms with van der Waals surface area (Å²) in [4.78, 5) is 0. The SMILES string of the molecule is CCCCCC[N@+]12CC[C@@H]3CC[C@H]([C@H](O)C1)[C@@]32C. The number of rotatable bonds is 5. The second kappa shape index (κ2) is 4.49. The molecule has 0 amide bonds. The van der Waals surface area contributed by atoms with E-state index in [1.807, 2.05) is 0 Å². The topological polar surface area (TPSA) is 20.2 Å². The molecule has 104 valence electrons. The number of quaternary nitrogens is 1. The van der Waals surface area contributed by atoms with Gasteiger partial charge in [0.2, 0.25) is 0 Å². The van der Waals surface area contributed by atoms with Crippen LogP contribution in [0.15, 0.2) is 0 Å². The highest BCUT2D eigenvalue weighted by Crippen LogP contribution is 2.59. The molecule has 0 unspecified atom stereocenters. The summed E-state index contributed by atoms with van der Waals surface area (Å²) in [6.45, 7) is 8.54. The zero-order valence-corrected chi connectivity index (χ0v) is 12.2. The standard InChI is InChI=1S/C16H30NO/c1-3-4-5-6-10-17-11-9-13-7-8-14(15(18)12-17)16(13,17)2/h13-15,18H,3-12H2,1-2H3/q+1/t13-,14+,15+,16+,17-/m0/s1. The lowest BCUT2D eigenvalue weighted by molar-refractivity contribution is -0.953. The molecule has 2 heteroatoms. The van der Waals surface area contributed by atoms with Crippen LogP contribution in [0.1, 0.15) is 58.8 Å². The molecule has 18 heavy (non-hydrogen) atoms. The third-order valence-corrected chi connectivity index (χ3v) is 6.77. The molecule has 0 radical (unpaired) electrons. The molecule has 1 aliphatic carbocycles. The van der Waals surface area contributed by atoms with Gasteiger partial charge in [0.1, 0.15) is 18.2 Å². The Labute approximate surface area is 112 Å². The van der Waals surface area contributed by atoms with Crippen molar-refractivity contribution in [3.05, 3.63) is 0 Å². The first-order valence-corrected chi connectivity index (χ1v) is 8.18. The van der Waals surface area contributed by atoms with Crippen molar-refractivity contribution >= 4 is 0 Å². The minimum atomic E-state index is -0.00789. The van der Waals surface area contributed by atoms with Gasteiger partial charge >= 0.3 is 0 Å². The lowest BCUT2D eigenvalue weighted by Crippen LogP contribution is -2.58. The summed E-state index contributed by atoms with van der Waals surface area (Å²) in [6.07, 6.45) is 9.55. The summed E-state index contributed by atoms with van der Waals surface area (Å²) >= 11 is 0. The molecule has 3 aliphatic rings. The van der Waals surface area contributed by atoms with E-state index in [4.69, 9.17) is 0 Å². The molecule has 2 nitrogen and oxygen atoms in total. The van der Waals surface area contributed by atoms with Crippen LogP contribution in [-0.4, -0.2) is 40.9 Å². The van der Waals surface area contributed by atoms with Crippen molar-refractivity contribution in [3.63, 3.8) is 0 Å². The van der Waals surface area contributed by atoms with Gasteiger partial charge in [0, 0.05) is 18.3 Å². The summed E-state index contributed by atoms with van der Waals surface area (Å²) in [5, 5.41) is 10.4. The molecule has 0 spiro atoms. The lowest BCUT2D eigenvalue weighted by Gasteiger charge is -2.44. The van der Waals surface area contributed by atoms with E-state index in [-0.39, 0.29) is 6.10 Å². The first kappa shape index (κ1) is 12.9. The first-order chi connectivity index (χ1) is 8.64. The van der Waals surface area contributed by atoms with Crippen molar-refractivity contribution in [2.24, 2.45) is 11.8 Å². The molecule has 1 N–H and O–H groups in total. The van der Waals surface area contributed by atoms with Crippen LogP contribution < -0.4 is 0 Å². The quantitative estimate of drug-likeness (QED) is 0.589. The summed E-state index contributed by atoms with van der Waals surface area (Å²) in [7, 11) is 0. The monoisotopic (exact) mass is 252 g/mol. The van der Waals surface area contributed by atoms with Gasteiger partial charge in [-0.15, -0.1) is 0 Å². The zero-order valence-electron chi connectivity index (χ0n) is 12.2. The second-order valence-electron chi connectivity index (χ2n) is 7.30. The van der Waals surface area contributed by atoms with Crippen LogP contribution in [0, 0.1) is 11.8 Å². The highest BCUT2D eigenvalue weighted by molar-refractivity contribution is 5.07. The fourth-order valence-electron chi connectivity index (χ4n) is 5.73. The Morgan fingerprint density at radius 2 is 2.00 bits per heavy atom. The van der Waals surface area contributed by atoms with E-state index < -0.39 is 0 Å². The molecular formula is C16H30NO+. The van der Waals surface area contributed by atoms with Crippen LogP contribution in [-0.2, 0) is 0 Å². The van der Waals surface area contributed by atoms with Gasteiger partial charge in [0.05, 0.1) is 13.1 Å². The van der Waals surface area contributed by atoms with Crippen LogP contribution >= 0.6 is 0 Å². The number of aliphatic hydroxyl groups is 1. The number of hydrogen-bond donors (Lipinski definition) is 1. The zero-order chi connectivity index (χ0) is 12.8. The van der Waals surface area contributed by atoms with Gasteiger partial charge in [-0.05, 0) is 32.6 Å². The van der Waals surface area contributed by atoms with Crippen molar-refractivity contribution in [2.75, 3.05) is 19.6 Å². The molecule has 5 atom stereocenters. The van der Waals surface area contributed by atoms with E-state index in [2.05, 4.69) is 13.8 Å². The molecule has 3 rings (SSSR count). The Morgan fingerprint density at radius 1 is 1.17 bits per heavy atom. The molecule has 0 aromatic rings. The molecule has 0 aromatic carbocycles. The van der Waals surface area contributed by atoms with E-state index in [9.17, 15) is 5.11 Å². The van der Waals surface area contributed by atoms with Gasteiger partial charge < -0.3 is 9.59 Å². The van der Waals surface area contributed by atoms with Crippen LogP contribution in [0.2, 0.25) is 0 Å². The summed E-state index contributed by atoms with van der Waals surface area (Å²) < 4.78 is 1.27. The van der Waals surface area contributed by atoms with Crippen molar-refractivity contribution < 1.29 is 9.59 Å². The van der Waals surface area contributed by atoms with E-state index in [1.165, 1.54) is 62.5 Å². The molecule has 0 aromatic heterocycles. The predicted molar refractivity (Wildman–Crippen MR) is 74.2 cm³/mol. The number of nitrogens with zero attached hydrogens (tertiary/aromatic N) is 1. The minimum Gasteiger partial charge on any atom is -0.387 e. The maximum absolute atomic E-state index is 10.4.